The second-order valence-corrected chi connectivity index (χ2v) is 6.41. The van der Waals surface area contributed by atoms with E-state index in [0.29, 0.717) is 10.8 Å². The van der Waals surface area contributed by atoms with Crippen molar-refractivity contribution in [2.24, 2.45) is 0 Å². The Morgan fingerprint density at radius 2 is 2.00 bits per heavy atom. The van der Waals surface area contributed by atoms with Gasteiger partial charge in [0.05, 0.1) is 6.61 Å². The van der Waals surface area contributed by atoms with Crippen molar-refractivity contribution in [2.45, 2.75) is 43.2 Å². The molecule has 0 fully saturated rings. The second-order valence-electron chi connectivity index (χ2n) is 3.62. The van der Waals surface area contributed by atoms with Gasteiger partial charge < -0.3 is 0 Å². The smallest absolute Gasteiger partial charge is 0.266 e. The third kappa shape index (κ3) is 4.63. The van der Waals surface area contributed by atoms with Crippen molar-refractivity contribution >= 4 is 21.5 Å². The first kappa shape index (κ1) is 13.7. The normalized spacial score (nSPS) is 11.8. The van der Waals surface area contributed by atoms with Gasteiger partial charge in [0.2, 0.25) is 0 Å². The molecule has 0 amide bonds. The molecule has 5 heteroatoms. The Labute approximate surface area is 102 Å². The first-order valence-corrected chi connectivity index (χ1v) is 7.88. The zero-order valence-corrected chi connectivity index (χ0v) is 11.1. The summed E-state index contributed by atoms with van der Waals surface area (Å²) in [7, 11) is -3.49. The van der Waals surface area contributed by atoms with Crippen LogP contribution in [0, 0.1) is 0 Å². The molecule has 1 aromatic rings. The van der Waals surface area contributed by atoms with E-state index in [1.54, 1.807) is 17.5 Å². The van der Waals surface area contributed by atoms with Gasteiger partial charge in [0.1, 0.15) is 4.21 Å². The molecule has 0 radical (unpaired) electrons. The molecule has 1 heterocycles. The van der Waals surface area contributed by atoms with Gasteiger partial charge in [-0.2, -0.15) is 8.42 Å². The Balaban J connectivity index is 2.22. The molecule has 3 nitrogen and oxygen atoms in total. The van der Waals surface area contributed by atoms with Gasteiger partial charge in [0.15, 0.2) is 0 Å². The van der Waals surface area contributed by atoms with Crippen LogP contribution in [0.25, 0.3) is 0 Å². The van der Waals surface area contributed by atoms with Crippen LogP contribution in [0.15, 0.2) is 21.7 Å². The number of hydrogen-bond acceptors (Lipinski definition) is 4. The summed E-state index contributed by atoms with van der Waals surface area (Å²) in [6, 6.07) is 3.28. The van der Waals surface area contributed by atoms with Gasteiger partial charge in [-0.1, -0.05) is 38.7 Å². The third-order valence-electron chi connectivity index (χ3n) is 2.23. The maximum atomic E-state index is 11.6. The van der Waals surface area contributed by atoms with E-state index in [1.165, 1.54) is 24.2 Å². The predicted octanol–water partition coefficient (Wildman–Crippen LogP) is 3.42. The molecule has 1 aromatic heterocycles. The van der Waals surface area contributed by atoms with Gasteiger partial charge in [0.25, 0.3) is 0 Å². The molecular weight excluding hydrogens is 244 g/mol. The summed E-state index contributed by atoms with van der Waals surface area (Å²) in [6.07, 6.45) is 5.39. The van der Waals surface area contributed by atoms with Crippen LogP contribution in [0.1, 0.15) is 39.0 Å². The van der Waals surface area contributed by atoms with Gasteiger partial charge in [-0.05, 0) is 17.9 Å². The highest BCUT2D eigenvalue weighted by Gasteiger charge is 2.15. The fourth-order valence-corrected chi connectivity index (χ4v) is 3.27. The summed E-state index contributed by atoms with van der Waals surface area (Å²) in [6.45, 7) is 2.45. The minimum Gasteiger partial charge on any atom is -0.266 e. The predicted molar refractivity (Wildman–Crippen MR) is 66.2 cm³/mol. The van der Waals surface area contributed by atoms with E-state index in [9.17, 15) is 8.42 Å². The second kappa shape index (κ2) is 7.04. The standard InChI is InChI=1S/C11H18O3S2/c1-2-3-4-5-6-9-14-16(12,13)11-8-7-10-15-11/h7-8,10H,2-6,9H2,1H3. The van der Waals surface area contributed by atoms with Crippen LogP contribution >= 0.6 is 11.3 Å². The molecule has 0 atom stereocenters. The van der Waals surface area contributed by atoms with Crippen LogP contribution < -0.4 is 0 Å². The zero-order chi connectivity index (χ0) is 11.9. The molecule has 0 unspecified atom stereocenters. The van der Waals surface area contributed by atoms with Crippen molar-refractivity contribution in [3.05, 3.63) is 17.5 Å². The Bertz CT molecular complexity index is 368. The monoisotopic (exact) mass is 262 g/mol. The molecule has 92 valence electrons. The Morgan fingerprint density at radius 3 is 2.62 bits per heavy atom. The lowest BCUT2D eigenvalue weighted by Gasteiger charge is -2.03. The first-order chi connectivity index (χ1) is 7.67. The summed E-state index contributed by atoms with van der Waals surface area (Å²) >= 11 is 1.19. The molecule has 0 saturated heterocycles. The van der Waals surface area contributed by atoms with Crippen LogP contribution in [0.3, 0.4) is 0 Å². The van der Waals surface area contributed by atoms with E-state index >= 15 is 0 Å². The lowest BCUT2D eigenvalue weighted by molar-refractivity contribution is 0.307. The van der Waals surface area contributed by atoms with Gasteiger partial charge >= 0.3 is 10.1 Å². The summed E-state index contributed by atoms with van der Waals surface area (Å²) in [5, 5.41) is 1.73. The van der Waals surface area contributed by atoms with Gasteiger partial charge in [-0.15, -0.1) is 11.3 Å². The van der Waals surface area contributed by atoms with Crippen LogP contribution in [0.5, 0.6) is 0 Å². The first-order valence-electron chi connectivity index (χ1n) is 5.60. The molecule has 0 aliphatic carbocycles. The molecule has 0 aliphatic heterocycles. The summed E-state index contributed by atoms with van der Waals surface area (Å²) in [5.74, 6) is 0. The van der Waals surface area contributed by atoms with E-state index < -0.39 is 10.1 Å². The molecular formula is C11H18O3S2. The van der Waals surface area contributed by atoms with E-state index in [0.717, 1.165) is 19.3 Å². The fraction of sp³-hybridized carbons (Fsp3) is 0.636. The van der Waals surface area contributed by atoms with Crippen molar-refractivity contribution in [3.8, 4) is 0 Å². The maximum absolute atomic E-state index is 11.6. The molecule has 16 heavy (non-hydrogen) atoms. The van der Waals surface area contributed by atoms with Crippen molar-refractivity contribution in [2.75, 3.05) is 6.61 Å². The summed E-state index contributed by atoms with van der Waals surface area (Å²) in [4.78, 5) is 0. The largest absolute Gasteiger partial charge is 0.306 e. The average Bonchev–Trinajstić information content (AvgIpc) is 2.77. The lowest BCUT2D eigenvalue weighted by Crippen LogP contribution is -2.05. The minimum absolute atomic E-state index is 0.293. The van der Waals surface area contributed by atoms with E-state index in [4.69, 9.17) is 4.18 Å². The molecule has 0 aromatic carbocycles. The van der Waals surface area contributed by atoms with Gasteiger partial charge in [0, 0.05) is 0 Å². The van der Waals surface area contributed by atoms with Crippen molar-refractivity contribution in [1.29, 1.82) is 0 Å². The Morgan fingerprint density at radius 1 is 1.25 bits per heavy atom. The Hall–Kier alpha value is -0.390. The summed E-state index contributed by atoms with van der Waals surface area (Å²) < 4.78 is 28.4. The van der Waals surface area contributed by atoms with Crippen LogP contribution in [0.4, 0.5) is 0 Å². The number of thiophene rings is 1. The SMILES string of the molecule is CCCCCCCOS(=O)(=O)c1cccs1. The highest BCUT2D eigenvalue weighted by molar-refractivity contribution is 7.89. The fourth-order valence-electron chi connectivity index (χ4n) is 1.34. The van der Waals surface area contributed by atoms with E-state index in [2.05, 4.69) is 6.92 Å². The van der Waals surface area contributed by atoms with E-state index in [-0.39, 0.29) is 0 Å². The molecule has 0 N–H and O–H groups in total. The minimum atomic E-state index is -3.49. The highest BCUT2D eigenvalue weighted by atomic mass is 32.3. The zero-order valence-electron chi connectivity index (χ0n) is 9.52. The van der Waals surface area contributed by atoms with Crippen LogP contribution in [0.2, 0.25) is 0 Å². The Kier molecular flexibility index (Phi) is 6.01. The van der Waals surface area contributed by atoms with Crippen LogP contribution in [-0.4, -0.2) is 15.0 Å². The third-order valence-corrected chi connectivity index (χ3v) is 4.90. The van der Waals surface area contributed by atoms with E-state index in [1.807, 2.05) is 0 Å². The lowest BCUT2D eigenvalue weighted by atomic mass is 10.2. The maximum Gasteiger partial charge on any atom is 0.306 e. The van der Waals surface area contributed by atoms with Crippen molar-refractivity contribution in [3.63, 3.8) is 0 Å². The summed E-state index contributed by atoms with van der Waals surface area (Å²) in [5.41, 5.74) is 0. The highest BCUT2D eigenvalue weighted by Crippen LogP contribution is 2.18. The number of unbranched alkanes of at least 4 members (excludes halogenated alkanes) is 4. The number of hydrogen-bond donors (Lipinski definition) is 0. The molecule has 1 rings (SSSR count). The molecule has 0 aliphatic rings. The average molecular weight is 262 g/mol. The van der Waals surface area contributed by atoms with Crippen molar-refractivity contribution in [1.82, 2.24) is 0 Å². The van der Waals surface area contributed by atoms with Gasteiger partial charge in [-0.3, -0.25) is 4.18 Å². The molecule has 0 spiro atoms. The van der Waals surface area contributed by atoms with Crippen LogP contribution in [-0.2, 0) is 14.3 Å². The number of rotatable bonds is 8. The van der Waals surface area contributed by atoms with Crippen molar-refractivity contribution < 1.29 is 12.6 Å². The quantitative estimate of drug-likeness (QED) is 0.532. The molecule has 0 bridgehead atoms. The molecule has 0 saturated carbocycles. The van der Waals surface area contributed by atoms with Gasteiger partial charge in [-0.25, -0.2) is 0 Å². The topological polar surface area (TPSA) is 43.4 Å².